The summed E-state index contributed by atoms with van der Waals surface area (Å²) in [5.74, 6) is 1.18. The molecule has 0 spiro atoms. The third-order valence-corrected chi connectivity index (χ3v) is 6.35. The number of carbonyl (C=O) groups is 1. The Kier molecular flexibility index (Phi) is 7.64. The molecular weight excluding hydrogens is 489 g/mol. The maximum Gasteiger partial charge on any atom is 0.416 e. The molecule has 10 heteroatoms. The van der Waals surface area contributed by atoms with Crippen molar-refractivity contribution in [3.63, 3.8) is 0 Å². The maximum atomic E-state index is 13.0. The molecule has 3 aromatic carbocycles. The smallest absolute Gasteiger partial charge is 0.416 e. The van der Waals surface area contributed by atoms with Crippen molar-refractivity contribution in [2.45, 2.75) is 30.6 Å². The number of halogens is 3. The fourth-order valence-corrected chi connectivity index (χ4v) is 4.38. The fraction of sp³-hybridized carbons (Fsp3) is 0.192. The van der Waals surface area contributed by atoms with Gasteiger partial charge in [-0.15, -0.1) is 10.2 Å². The summed E-state index contributed by atoms with van der Waals surface area (Å²) in [4.78, 5) is 12.6. The Morgan fingerprint density at radius 2 is 1.78 bits per heavy atom. The Hall–Kier alpha value is -3.79. The van der Waals surface area contributed by atoms with Crippen molar-refractivity contribution >= 4 is 17.7 Å². The number of aromatic nitrogens is 3. The van der Waals surface area contributed by atoms with E-state index >= 15 is 0 Å². The molecule has 1 N–H and O–H groups in total. The van der Waals surface area contributed by atoms with Gasteiger partial charge in [0.2, 0.25) is 0 Å². The first kappa shape index (κ1) is 25.3. The minimum Gasteiger partial charge on any atom is -0.497 e. The highest BCUT2D eigenvalue weighted by molar-refractivity contribution is 7.98. The number of nitrogens with zero attached hydrogens (tertiary/aromatic N) is 3. The lowest BCUT2D eigenvalue weighted by Gasteiger charge is -2.12. The van der Waals surface area contributed by atoms with Crippen LogP contribution in [-0.2, 0) is 18.5 Å². The highest BCUT2D eigenvalue weighted by Gasteiger charge is 2.31. The van der Waals surface area contributed by atoms with Gasteiger partial charge >= 0.3 is 6.18 Å². The van der Waals surface area contributed by atoms with Crippen LogP contribution in [0.4, 0.5) is 13.2 Å². The lowest BCUT2D eigenvalue weighted by Crippen LogP contribution is -2.25. The second-order valence-corrected chi connectivity index (χ2v) is 8.91. The van der Waals surface area contributed by atoms with Crippen molar-refractivity contribution in [2.75, 3.05) is 7.11 Å². The van der Waals surface area contributed by atoms with Crippen LogP contribution in [0.2, 0.25) is 0 Å². The van der Waals surface area contributed by atoms with E-state index in [4.69, 9.17) is 4.74 Å². The second kappa shape index (κ2) is 10.9. The quantitative estimate of drug-likeness (QED) is 0.301. The van der Waals surface area contributed by atoms with Crippen LogP contribution >= 0.6 is 11.8 Å². The predicted octanol–water partition coefficient (Wildman–Crippen LogP) is 5.83. The molecule has 1 aromatic heterocycles. The SMILES string of the molecule is COc1cccc(CSc2nnc(CNC(=O)c3cccc(C(F)(F)F)c3)n2-c2ccc(C)cc2)c1. The molecule has 4 rings (SSSR count). The number of rotatable bonds is 8. The first-order valence-electron chi connectivity index (χ1n) is 11.0. The Morgan fingerprint density at radius 1 is 1.03 bits per heavy atom. The monoisotopic (exact) mass is 512 g/mol. The van der Waals surface area contributed by atoms with Gasteiger partial charge in [0.15, 0.2) is 11.0 Å². The molecule has 0 radical (unpaired) electrons. The third-order valence-electron chi connectivity index (χ3n) is 5.35. The summed E-state index contributed by atoms with van der Waals surface area (Å²) in [6.07, 6.45) is -4.53. The number of methoxy groups -OCH3 is 1. The summed E-state index contributed by atoms with van der Waals surface area (Å²) >= 11 is 1.47. The largest absolute Gasteiger partial charge is 0.497 e. The minimum absolute atomic E-state index is 0.0182. The zero-order valence-corrected chi connectivity index (χ0v) is 20.4. The average molecular weight is 513 g/mol. The number of alkyl halides is 3. The van der Waals surface area contributed by atoms with Crippen molar-refractivity contribution in [1.29, 1.82) is 0 Å². The lowest BCUT2D eigenvalue weighted by molar-refractivity contribution is -0.137. The molecule has 1 amide bonds. The van der Waals surface area contributed by atoms with E-state index in [0.29, 0.717) is 16.7 Å². The minimum atomic E-state index is -4.53. The van der Waals surface area contributed by atoms with Crippen LogP contribution in [0.1, 0.15) is 32.9 Å². The summed E-state index contributed by atoms with van der Waals surface area (Å²) in [5, 5.41) is 11.8. The van der Waals surface area contributed by atoms with E-state index in [0.717, 1.165) is 34.7 Å². The Bertz CT molecular complexity index is 1350. The Labute approximate surface area is 210 Å². The van der Waals surface area contributed by atoms with Gasteiger partial charge in [0.25, 0.3) is 5.91 Å². The summed E-state index contributed by atoms with van der Waals surface area (Å²) in [7, 11) is 1.61. The van der Waals surface area contributed by atoms with Crippen LogP contribution in [-0.4, -0.2) is 27.8 Å². The third kappa shape index (κ3) is 6.06. The van der Waals surface area contributed by atoms with E-state index in [9.17, 15) is 18.0 Å². The highest BCUT2D eigenvalue weighted by atomic mass is 32.2. The van der Waals surface area contributed by atoms with Crippen LogP contribution < -0.4 is 10.1 Å². The highest BCUT2D eigenvalue weighted by Crippen LogP contribution is 2.30. The molecule has 0 bridgehead atoms. The number of thioether (sulfide) groups is 1. The number of aryl methyl sites for hydroxylation is 1. The number of ether oxygens (including phenoxy) is 1. The van der Waals surface area contributed by atoms with Gasteiger partial charge in [0, 0.05) is 17.0 Å². The van der Waals surface area contributed by atoms with Gasteiger partial charge in [0.05, 0.1) is 19.2 Å². The predicted molar refractivity (Wildman–Crippen MR) is 131 cm³/mol. The summed E-state index contributed by atoms with van der Waals surface area (Å²) in [5.41, 5.74) is 1.96. The zero-order chi connectivity index (χ0) is 25.7. The molecule has 0 unspecified atom stereocenters. The molecular formula is C26H23F3N4O2S. The lowest BCUT2D eigenvalue weighted by atomic mass is 10.1. The number of hydrogen-bond acceptors (Lipinski definition) is 5. The van der Waals surface area contributed by atoms with Crippen LogP contribution in [0, 0.1) is 6.92 Å². The summed E-state index contributed by atoms with van der Waals surface area (Å²) in [6.45, 7) is 1.96. The van der Waals surface area contributed by atoms with Gasteiger partial charge in [-0.3, -0.25) is 9.36 Å². The normalized spacial score (nSPS) is 11.4. The van der Waals surface area contributed by atoms with Gasteiger partial charge in [-0.05, 0) is 55.0 Å². The molecule has 0 aliphatic carbocycles. The topological polar surface area (TPSA) is 69.0 Å². The van der Waals surface area contributed by atoms with Crippen LogP contribution in [0.5, 0.6) is 5.75 Å². The molecule has 0 saturated heterocycles. The van der Waals surface area contributed by atoms with Crippen molar-refractivity contribution in [2.24, 2.45) is 0 Å². The van der Waals surface area contributed by atoms with Gasteiger partial charge in [-0.1, -0.05) is 47.7 Å². The zero-order valence-electron chi connectivity index (χ0n) is 19.5. The molecule has 0 atom stereocenters. The van der Waals surface area contributed by atoms with E-state index in [2.05, 4.69) is 15.5 Å². The van der Waals surface area contributed by atoms with Crippen molar-refractivity contribution < 1.29 is 22.7 Å². The summed E-state index contributed by atoms with van der Waals surface area (Å²) in [6, 6.07) is 19.8. The van der Waals surface area contributed by atoms with Crippen LogP contribution in [0.15, 0.2) is 78.0 Å². The van der Waals surface area contributed by atoms with E-state index in [1.165, 1.54) is 23.9 Å². The first-order valence-corrected chi connectivity index (χ1v) is 12.0. The van der Waals surface area contributed by atoms with E-state index < -0.39 is 17.6 Å². The van der Waals surface area contributed by atoms with E-state index in [1.54, 1.807) is 7.11 Å². The number of carbonyl (C=O) groups excluding carboxylic acids is 1. The molecule has 0 saturated carbocycles. The molecule has 0 aliphatic rings. The molecule has 1 heterocycles. The standard InChI is InChI=1S/C26H23F3N4O2S/c1-17-9-11-21(12-10-17)33-23(15-30-24(34)19-6-4-7-20(14-19)26(27,28)29)31-32-25(33)36-16-18-5-3-8-22(13-18)35-2/h3-14H,15-16H2,1-2H3,(H,30,34). The number of hydrogen-bond donors (Lipinski definition) is 1. The molecule has 6 nitrogen and oxygen atoms in total. The molecule has 4 aromatic rings. The molecule has 36 heavy (non-hydrogen) atoms. The molecule has 186 valence electrons. The van der Waals surface area contributed by atoms with Crippen molar-refractivity contribution in [3.8, 4) is 11.4 Å². The van der Waals surface area contributed by atoms with Gasteiger partial charge in [0.1, 0.15) is 5.75 Å². The fourth-order valence-electron chi connectivity index (χ4n) is 3.47. The summed E-state index contributed by atoms with van der Waals surface area (Å²) < 4.78 is 46.2. The average Bonchev–Trinajstić information content (AvgIpc) is 3.29. The number of nitrogens with one attached hydrogen (secondary N) is 1. The number of benzene rings is 3. The second-order valence-electron chi connectivity index (χ2n) is 7.97. The maximum absolute atomic E-state index is 13.0. The van der Waals surface area contributed by atoms with Crippen molar-refractivity contribution in [3.05, 3.63) is 101 Å². The van der Waals surface area contributed by atoms with Gasteiger partial charge in [-0.2, -0.15) is 13.2 Å². The Balaban J connectivity index is 1.56. The van der Waals surface area contributed by atoms with Crippen molar-refractivity contribution in [1.82, 2.24) is 20.1 Å². The van der Waals surface area contributed by atoms with Gasteiger partial charge < -0.3 is 10.1 Å². The van der Waals surface area contributed by atoms with Crippen LogP contribution in [0.3, 0.4) is 0 Å². The van der Waals surface area contributed by atoms with Crippen LogP contribution in [0.25, 0.3) is 5.69 Å². The molecule has 0 aliphatic heterocycles. The van der Waals surface area contributed by atoms with E-state index in [-0.39, 0.29) is 12.1 Å². The Morgan fingerprint density at radius 3 is 2.50 bits per heavy atom. The first-order chi connectivity index (χ1) is 17.2. The van der Waals surface area contributed by atoms with Gasteiger partial charge in [-0.25, -0.2) is 0 Å². The number of amides is 1. The molecule has 0 fully saturated rings. The van der Waals surface area contributed by atoms with E-state index in [1.807, 2.05) is 60.0 Å².